The van der Waals surface area contributed by atoms with Crippen LogP contribution in [0.3, 0.4) is 0 Å². The number of rotatable bonds is 3. The second-order valence-electron chi connectivity index (χ2n) is 4.20. The van der Waals surface area contributed by atoms with Gasteiger partial charge in [-0.1, -0.05) is 49.5 Å². The number of carbonyl (C=O) groups is 1. The van der Waals surface area contributed by atoms with Gasteiger partial charge in [0.25, 0.3) is 0 Å². The van der Waals surface area contributed by atoms with Crippen LogP contribution < -0.4 is 10.6 Å². The molecule has 2 aromatic rings. The molecule has 2 rings (SSSR count). The first-order valence-corrected chi connectivity index (χ1v) is 7.87. The van der Waals surface area contributed by atoms with E-state index in [0.717, 1.165) is 8.95 Å². The number of anilines is 2. The van der Waals surface area contributed by atoms with Crippen LogP contribution in [0.25, 0.3) is 0 Å². The summed E-state index contributed by atoms with van der Waals surface area (Å²) in [6.45, 7) is -0.185. The van der Waals surface area contributed by atoms with E-state index in [1.807, 2.05) is 6.07 Å². The fourth-order valence-electron chi connectivity index (χ4n) is 1.71. The minimum Gasteiger partial charge on any atom is -0.392 e. The van der Waals surface area contributed by atoms with E-state index in [1.54, 1.807) is 30.3 Å². The SMILES string of the molecule is O=C(Nc1cc(Br)cc(Br)c1)Nc1cc(Cl)ccc1CO. The van der Waals surface area contributed by atoms with Gasteiger partial charge in [-0.2, -0.15) is 0 Å². The summed E-state index contributed by atoms with van der Waals surface area (Å²) in [5, 5.41) is 15.1. The molecule has 0 fully saturated rings. The lowest BCUT2D eigenvalue weighted by Crippen LogP contribution is -2.20. The number of aliphatic hydroxyl groups is 1. The van der Waals surface area contributed by atoms with Crippen LogP contribution in [0.15, 0.2) is 45.3 Å². The molecule has 4 nitrogen and oxygen atoms in total. The molecular weight excluding hydrogens is 423 g/mol. The van der Waals surface area contributed by atoms with Crippen molar-refractivity contribution < 1.29 is 9.90 Å². The highest BCUT2D eigenvalue weighted by molar-refractivity contribution is 9.11. The lowest BCUT2D eigenvalue weighted by molar-refractivity contribution is 0.262. The molecule has 0 radical (unpaired) electrons. The normalized spacial score (nSPS) is 10.3. The Morgan fingerprint density at radius 3 is 2.38 bits per heavy atom. The molecule has 0 heterocycles. The third-order valence-electron chi connectivity index (χ3n) is 2.61. The molecule has 0 saturated heterocycles. The Kier molecular flexibility index (Phi) is 5.64. The van der Waals surface area contributed by atoms with Gasteiger partial charge in [-0.15, -0.1) is 0 Å². The van der Waals surface area contributed by atoms with Crippen molar-refractivity contribution in [1.82, 2.24) is 0 Å². The first-order valence-electron chi connectivity index (χ1n) is 5.91. The van der Waals surface area contributed by atoms with Gasteiger partial charge in [0.15, 0.2) is 0 Å². The average molecular weight is 435 g/mol. The summed E-state index contributed by atoms with van der Waals surface area (Å²) in [4.78, 5) is 12.0. The quantitative estimate of drug-likeness (QED) is 0.637. The maximum Gasteiger partial charge on any atom is 0.323 e. The number of hydrogen-bond donors (Lipinski definition) is 3. The number of amides is 2. The number of hydrogen-bond acceptors (Lipinski definition) is 2. The molecule has 0 atom stereocenters. The monoisotopic (exact) mass is 432 g/mol. The highest BCUT2D eigenvalue weighted by atomic mass is 79.9. The highest BCUT2D eigenvalue weighted by Crippen LogP contribution is 2.24. The van der Waals surface area contributed by atoms with Gasteiger partial charge in [0.05, 0.1) is 6.61 Å². The van der Waals surface area contributed by atoms with Crippen molar-refractivity contribution in [2.75, 3.05) is 10.6 Å². The van der Waals surface area contributed by atoms with Crippen molar-refractivity contribution in [3.05, 3.63) is 55.9 Å². The standard InChI is InChI=1S/C14H11Br2ClN2O2/c15-9-3-10(16)5-12(4-9)18-14(21)19-13-6-11(17)2-1-8(13)7-20/h1-6,20H,7H2,(H2,18,19,21). The molecule has 0 unspecified atom stereocenters. The molecule has 2 aromatic carbocycles. The van der Waals surface area contributed by atoms with Crippen LogP contribution in [0, 0.1) is 0 Å². The van der Waals surface area contributed by atoms with Crippen LogP contribution in [-0.4, -0.2) is 11.1 Å². The van der Waals surface area contributed by atoms with Crippen molar-refractivity contribution >= 4 is 60.9 Å². The third-order valence-corrected chi connectivity index (χ3v) is 3.76. The maximum atomic E-state index is 12.0. The first kappa shape index (κ1) is 16.3. The van der Waals surface area contributed by atoms with Gasteiger partial charge in [0.2, 0.25) is 0 Å². The summed E-state index contributed by atoms with van der Waals surface area (Å²) in [5.74, 6) is 0. The number of carbonyl (C=O) groups excluding carboxylic acids is 1. The topological polar surface area (TPSA) is 61.4 Å². The molecule has 0 aliphatic rings. The molecule has 3 N–H and O–H groups in total. The fraction of sp³-hybridized carbons (Fsp3) is 0.0714. The zero-order valence-electron chi connectivity index (χ0n) is 10.7. The van der Waals surface area contributed by atoms with Crippen molar-refractivity contribution in [2.45, 2.75) is 6.61 Å². The number of benzene rings is 2. The molecular formula is C14H11Br2ClN2O2. The lowest BCUT2D eigenvalue weighted by Gasteiger charge is -2.11. The first-order chi connectivity index (χ1) is 9.97. The molecule has 0 aliphatic carbocycles. The molecule has 7 heteroatoms. The molecule has 0 spiro atoms. The number of urea groups is 1. The number of aliphatic hydroxyl groups excluding tert-OH is 1. The minimum atomic E-state index is -0.419. The van der Waals surface area contributed by atoms with Gasteiger partial charge in [-0.3, -0.25) is 0 Å². The van der Waals surface area contributed by atoms with E-state index in [4.69, 9.17) is 11.6 Å². The smallest absolute Gasteiger partial charge is 0.323 e. The molecule has 0 bridgehead atoms. The Hall–Kier alpha value is -1.08. The van der Waals surface area contributed by atoms with Crippen LogP contribution in [0.2, 0.25) is 5.02 Å². The minimum absolute atomic E-state index is 0.185. The Labute approximate surface area is 143 Å². The van der Waals surface area contributed by atoms with Crippen molar-refractivity contribution in [2.24, 2.45) is 0 Å². The molecule has 21 heavy (non-hydrogen) atoms. The van der Waals surface area contributed by atoms with Crippen LogP contribution in [-0.2, 0) is 6.61 Å². The van der Waals surface area contributed by atoms with Crippen LogP contribution >= 0.6 is 43.5 Å². The van der Waals surface area contributed by atoms with Crippen LogP contribution in [0.5, 0.6) is 0 Å². The molecule has 2 amide bonds. The third kappa shape index (κ3) is 4.71. The second-order valence-corrected chi connectivity index (χ2v) is 6.46. The van der Waals surface area contributed by atoms with E-state index in [1.165, 1.54) is 0 Å². The molecule has 110 valence electrons. The Morgan fingerprint density at radius 2 is 1.76 bits per heavy atom. The van der Waals surface area contributed by atoms with Gasteiger partial charge in [-0.25, -0.2) is 4.79 Å². The van der Waals surface area contributed by atoms with E-state index < -0.39 is 6.03 Å². The van der Waals surface area contributed by atoms with E-state index in [-0.39, 0.29) is 6.61 Å². The summed E-state index contributed by atoms with van der Waals surface area (Å²) in [5.41, 5.74) is 1.68. The summed E-state index contributed by atoms with van der Waals surface area (Å²) >= 11 is 12.6. The van der Waals surface area contributed by atoms with E-state index >= 15 is 0 Å². The summed E-state index contributed by atoms with van der Waals surface area (Å²) in [6, 6.07) is 9.89. The largest absolute Gasteiger partial charge is 0.392 e. The molecule has 0 saturated carbocycles. The summed E-state index contributed by atoms with van der Waals surface area (Å²) < 4.78 is 1.68. The van der Waals surface area contributed by atoms with E-state index in [2.05, 4.69) is 42.5 Å². The fourth-order valence-corrected chi connectivity index (χ4v) is 3.18. The van der Waals surface area contributed by atoms with Gasteiger partial charge < -0.3 is 15.7 Å². The zero-order valence-corrected chi connectivity index (χ0v) is 14.6. The average Bonchev–Trinajstić information content (AvgIpc) is 2.37. The van der Waals surface area contributed by atoms with E-state index in [9.17, 15) is 9.90 Å². The van der Waals surface area contributed by atoms with Crippen LogP contribution in [0.1, 0.15) is 5.56 Å². The molecule has 0 aromatic heterocycles. The zero-order chi connectivity index (χ0) is 15.4. The van der Waals surface area contributed by atoms with E-state index in [0.29, 0.717) is 22.0 Å². The Balaban J connectivity index is 2.13. The van der Waals surface area contributed by atoms with Crippen molar-refractivity contribution in [3.8, 4) is 0 Å². The van der Waals surface area contributed by atoms with Crippen molar-refractivity contribution in [3.63, 3.8) is 0 Å². The number of nitrogens with one attached hydrogen (secondary N) is 2. The Morgan fingerprint density at radius 1 is 1.10 bits per heavy atom. The van der Waals surface area contributed by atoms with Crippen LogP contribution in [0.4, 0.5) is 16.2 Å². The predicted octanol–water partition coefficient (Wildman–Crippen LogP) is 5.00. The van der Waals surface area contributed by atoms with Gasteiger partial charge in [0, 0.05) is 30.9 Å². The maximum absolute atomic E-state index is 12.0. The predicted molar refractivity (Wildman–Crippen MR) is 91.9 cm³/mol. The highest BCUT2D eigenvalue weighted by Gasteiger charge is 2.08. The van der Waals surface area contributed by atoms with Gasteiger partial charge in [-0.05, 0) is 30.3 Å². The lowest BCUT2D eigenvalue weighted by atomic mass is 10.2. The Bertz CT molecular complexity index is 660. The van der Waals surface area contributed by atoms with Crippen molar-refractivity contribution in [1.29, 1.82) is 0 Å². The number of halogens is 3. The molecule has 0 aliphatic heterocycles. The van der Waals surface area contributed by atoms with Gasteiger partial charge in [0.1, 0.15) is 0 Å². The summed E-state index contributed by atoms with van der Waals surface area (Å²) in [7, 11) is 0. The second kappa shape index (κ2) is 7.26. The summed E-state index contributed by atoms with van der Waals surface area (Å²) in [6.07, 6.45) is 0. The van der Waals surface area contributed by atoms with Gasteiger partial charge >= 0.3 is 6.03 Å².